The topological polar surface area (TPSA) is 204 Å². The van der Waals surface area contributed by atoms with Gasteiger partial charge in [-0.2, -0.15) is 0 Å². The average molecular weight is 320 g/mol. The first-order valence-corrected chi connectivity index (χ1v) is 5.59. The van der Waals surface area contributed by atoms with Crippen molar-refractivity contribution in [2.24, 2.45) is 0 Å². The summed E-state index contributed by atoms with van der Waals surface area (Å²) in [4.78, 5) is 0. The van der Waals surface area contributed by atoms with Crippen molar-refractivity contribution in [1.29, 1.82) is 0 Å². The molecule has 7 nitrogen and oxygen atoms in total. The molecule has 0 aliphatic rings. The number of hydrogen-bond acceptors (Lipinski definition) is 2. The molecule has 0 heterocycles. The quantitative estimate of drug-likeness (QED) is 0.300. The van der Waals surface area contributed by atoms with Gasteiger partial charge in [-0.25, -0.2) is 0 Å². The van der Waals surface area contributed by atoms with Crippen LogP contribution in [0.1, 0.15) is 58.3 Å². The zero-order valence-corrected chi connectivity index (χ0v) is 17.3. The summed E-state index contributed by atoms with van der Waals surface area (Å²) in [6.07, 6.45) is 9.93. The van der Waals surface area contributed by atoms with Crippen molar-refractivity contribution in [3.8, 4) is 0 Å². The Bertz CT molecular complexity index is 116. The maximum absolute atomic E-state index is 10.1. The molecule has 0 aromatic heterocycles. The monoisotopic (exact) mass is 320 g/mol. The minimum atomic E-state index is -1.60. The van der Waals surface area contributed by atoms with Crippen LogP contribution in [0.15, 0.2) is 0 Å². The van der Waals surface area contributed by atoms with E-state index in [1.165, 1.54) is 38.5 Å². The largest absolute Gasteiger partial charge is 1.00 e. The van der Waals surface area contributed by atoms with E-state index in [0.29, 0.717) is 6.32 Å². The van der Waals surface area contributed by atoms with Crippen LogP contribution in [-0.2, 0) is 0 Å². The van der Waals surface area contributed by atoms with Gasteiger partial charge in [0, 0.05) is 0 Å². The van der Waals surface area contributed by atoms with E-state index in [2.05, 4.69) is 6.92 Å². The first-order valence-electron chi connectivity index (χ1n) is 5.59. The zero-order chi connectivity index (χ0) is 9.94. The molecule has 0 bridgehead atoms. The first-order chi connectivity index (χ1) is 6.27. The molecule has 0 rings (SSSR count). The molecule has 118 valence electrons. The van der Waals surface area contributed by atoms with E-state index in [-0.39, 0.29) is 86.5 Å². The smallest absolute Gasteiger partial charge is 0.893 e. The molecule has 10 N–H and O–H groups in total. The number of unbranched alkanes of at least 4 members (excludes halogenated alkanes) is 7. The zero-order valence-electron chi connectivity index (χ0n) is 13.3. The standard InChI is InChI=1S/C10H21BO2.2Na.5H2O/c1-2-3-4-5-6-7-8-9-10-11(12)13;;;;;;;/h2-10H2,1H3;;;5*1H2/q-2;2*+1;;;;;. The van der Waals surface area contributed by atoms with Gasteiger partial charge in [-0.3, -0.25) is 0 Å². The molecule has 0 atom stereocenters. The molecular formula is C10H31BNa2O7. The number of rotatable bonds is 9. The van der Waals surface area contributed by atoms with Gasteiger partial charge in [0.15, 0.2) is 0 Å². The normalized spacial score (nSPS) is 6.75. The molecule has 0 spiro atoms. The third kappa shape index (κ3) is 50.3. The van der Waals surface area contributed by atoms with Crippen LogP contribution in [0, 0.1) is 0 Å². The second-order valence-electron chi connectivity index (χ2n) is 3.69. The van der Waals surface area contributed by atoms with E-state index < -0.39 is 7.12 Å². The molecule has 0 aromatic carbocycles. The van der Waals surface area contributed by atoms with Gasteiger partial charge >= 0.3 is 59.1 Å². The molecule has 0 amide bonds. The van der Waals surface area contributed by atoms with Crippen molar-refractivity contribution in [3.05, 3.63) is 0 Å². The minimum absolute atomic E-state index is 0. The van der Waals surface area contributed by atoms with Gasteiger partial charge < -0.3 is 37.4 Å². The van der Waals surface area contributed by atoms with Crippen LogP contribution in [0.4, 0.5) is 0 Å². The van der Waals surface area contributed by atoms with Crippen LogP contribution in [0.5, 0.6) is 0 Å². The Balaban J connectivity index is -0.0000000343. The number of hydrogen-bond donors (Lipinski definition) is 0. The average Bonchev–Trinajstić information content (AvgIpc) is 2.09. The molecular weight excluding hydrogens is 289 g/mol. The van der Waals surface area contributed by atoms with Crippen LogP contribution >= 0.6 is 0 Å². The van der Waals surface area contributed by atoms with Crippen LogP contribution in [0.25, 0.3) is 0 Å². The summed E-state index contributed by atoms with van der Waals surface area (Å²) in [6.45, 7) is 2.21. The third-order valence-electron chi connectivity index (χ3n) is 2.29. The molecule has 0 saturated carbocycles. The Kier molecular flexibility index (Phi) is 106. The molecule has 20 heavy (non-hydrogen) atoms. The fraction of sp³-hybridized carbons (Fsp3) is 1.00. The van der Waals surface area contributed by atoms with Gasteiger partial charge in [-0.15, -0.1) is 13.4 Å². The molecule has 0 aromatic rings. The summed E-state index contributed by atoms with van der Waals surface area (Å²) in [5.41, 5.74) is 0. The SMILES string of the molecule is CCCCCCCCCCB([O-])[O-].O.O.O.O.O.[Na+].[Na+]. The van der Waals surface area contributed by atoms with Gasteiger partial charge in [0.25, 0.3) is 0 Å². The van der Waals surface area contributed by atoms with E-state index in [1.807, 2.05) is 0 Å². The Morgan fingerprint density at radius 2 is 0.900 bits per heavy atom. The summed E-state index contributed by atoms with van der Waals surface area (Å²) < 4.78 is 0. The van der Waals surface area contributed by atoms with Crippen molar-refractivity contribution in [1.82, 2.24) is 0 Å². The predicted octanol–water partition coefficient (Wildman–Crippen LogP) is -8.78. The molecule has 0 radical (unpaired) electrons. The maximum atomic E-state index is 10.1. The molecule has 10 heteroatoms. The van der Waals surface area contributed by atoms with Crippen LogP contribution < -0.4 is 69.2 Å². The Labute approximate surface area is 167 Å². The van der Waals surface area contributed by atoms with Crippen molar-refractivity contribution in [2.45, 2.75) is 64.6 Å². The fourth-order valence-corrected chi connectivity index (χ4v) is 1.44. The van der Waals surface area contributed by atoms with E-state index in [0.717, 1.165) is 12.8 Å². The van der Waals surface area contributed by atoms with E-state index in [4.69, 9.17) is 0 Å². The summed E-state index contributed by atoms with van der Waals surface area (Å²) in [5.74, 6) is 0. The van der Waals surface area contributed by atoms with Crippen molar-refractivity contribution in [3.63, 3.8) is 0 Å². The minimum Gasteiger partial charge on any atom is -0.893 e. The van der Waals surface area contributed by atoms with Gasteiger partial charge in [0.2, 0.25) is 0 Å². The molecule has 0 saturated heterocycles. The van der Waals surface area contributed by atoms with Crippen molar-refractivity contribution < 1.29 is 96.5 Å². The third-order valence-corrected chi connectivity index (χ3v) is 2.29. The molecule has 0 aliphatic carbocycles. The van der Waals surface area contributed by atoms with Gasteiger partial charge in [-0.1, -0.05) is 58.3 Å². The van der Waals surface area contributed by atoms with E-state index in [1.54, 1.807) is 0 Å². The molecule has 0 unspecified atom stereocenters. The predicted molar refractivity (Wildman–Crippen MR) is 71.2 cm³/mol. The second kappa shape index (κ2) is 42.8. The van der Waals surface area contributed by atoms with Gasteiger partial charge in [0.1, 0.15) is 0 Å². The Morgan fingerprint density at radius 3 is 1.20 bits per heavy atom. The van der Waals surface area contributed by atoms with E-state index in [9.17, 15) is 10.0 Å². The maximum Gasteiger partial charge on any atom is 1.00 e. The van der Waals surface area contributed by atoms with E-state index >= 15 is 0 Å². The molecule has 0 fully saturated rings. The molecule has 0 aliphatic heterocycles. The fourth-order valence-electron chi connectivity index (χ4n) is 1.44. The summed E-state index contributed by atoms with van der Waals surface area (Å²) in [5, 5.41) is 20.3. The van der Waals surface area contributed by atoms with Crippen molar-refractivity contribution in [2.75, 3.05) is 0 Å². The van der Waals surface area contributed by atoms with Crippen LogP contribution in [0.3, 0.4) is 0 Å². The van der Waals surface area contributed by atoms with Crippen LogP contribution in [0.2, 0.25) is 6.32 Å². The van der Waals surface area contributed by atoms with Gasteiger partial charge in [-0.05, 0) is 0 Å². The van der Waals surface area contributed by atoms with Gasteiger partial charge in [0.05, 0.1) is 0 Å². The summed E-state index contributed by atoms with van der Waals surface area (Å²) >= 11 is 0. The summed E-state index contributed by atoms with van der Waals surface area (Å²) in [6, 6.07) is 0. The second-order valence-corrected chi connectivity index (χ2v) is 3.69. The van der Waals surface area contributed by atoms with Crippen LogP contribution in [-0.4, -0.2) is 34.5 Å². The Hall–Kier alpha value is 1.78. The summed E-state index contributed by atoms with van der Waals surface area (Å²) in [7, 11) is -1.60. The first kappa shape index (κ1) is 49.5. The Morgan fingerprint density at radius 1 is 0.600 bits per heavy atom. The van der Waals surface area contributed by atoms with Crippen molar-refractivity contribution >= 4 is 7.12 Å².